The lowest BCUT2D eigenvalue weighted by atomic mass is 10.2. The highest BCUT2D eigenvalue weighted by Crippen LogP contribution is 2.27. The molecular weight excluding hydrogens is 344 g/mol. The summed E-state index contributed by atoms with van der Waals surface area (Å²) in [4.78, 5) is 13.1. The lowest BCUT2D eigenvalue weighted by molar-refractivity contribution is -0.111. The number of nitriles is 1. The summed E-state index contributed by atoms with van der Waals surface area (Å²) in [6.45, 7) is 1.84. The number of nitrogens with one attached hydrogen (secondary N) is 1. The molecule has 124 valence electrons. The van der Waals surface area contributed by atoms with E-state index in [0.29, 0.717) is 17.3 Å². The van der Waals surface area contributed by atoms with Crippen molar-refractivity contribution < 1.29 is 4.79 Å². The first-order valence-electron chi connectivity index (χ1n) is 7.30. The highest BCUT2D eigenvalue weighted by Gasteiger charge is 2.09. The van der Waals surface area contributed by atoms with Crippen LogP contribution in [0.3, 0.4) is 0 Å². The Labute approximate surface area is 150 Å². The van der Waals surface area contributed by atoms with E-state index in [1.807, 2.05) is 31.2 Å². The fourth-order valence-electron chi connectivity index (χ4n) is 2.07. The van der Waals surface area contributed by atoms with Crippen LogP contribution in [0.1, 0.15) is 17.7 Å². The second kappa shape index (κ2) is 8.57. The van der Waals surface area contributed by atoms with E-state index in [0.717, 1.165) is 21.8 Å². The average molecular weight is 361 g/mol. The van der Waals surface area contributed by atoms with Crippen molar-refractivity contribution in [3.8, 4) is 6.07 Å². The molecular formula is C17H17ClN4OS. The minimum atomic E-state index is -0.248. The van der Waals surface area contributed by atoms with Crippen molar-refractivity contribution in [1.29, 1.82) is 5.26 Å². The number of para-hydroxylation sites is 1. The van der Waals surface area contributed by atoms with E-state index >= 15 is 0 Å². The van der Waals surface area contributed by atoms with Crippen molar-refractivity contribution in [2.75, 3.05) is 11.1 Å². The highest BCUT2D eigenvalue weighted by molar-refractivity contribution is 7.99. The zero-order chi connectivity index (χ0) is 17.5. The van der Waals surface area contributed by atoms with E-state index in [2.05, 4.69) is 16.5 Å². The third-order valence-corrected chi connectivity index (χ3v) is 4.74. The van der Waals surface area contributed by atoms with E-state index in [4.69, 9.17) is 16.9 Å². The predicted molar refractivity (Wildman–Crippen MR) is 98.0 cm³/mol. The first-order chi connectivity index (χ1) is 11.5. The number of aromatic nitrogens is 2. The molecule has 1 N–H and O–H groups in total. The SMILES string of the molecule is Cc1nn(C)c(Cl)c1C=CC(=O)Nc1ccccc1SCCC#N. The standard InChI is InChI=1S/C17H17ClN4OS/c1-12-13(17(18)22(2)21-12)8-9-16(23)20-14-6-3-4-7-15(14)24-11-5-10-19/h3-4,6-9H,5,11H2,1-2H3,(H,20,23). The van der Waals surface area contributed by atoms with Gasteiger partial charge in [-0.2, -0.15) is 10.4 Å². The molecule has 0 bridgehead atoms. The molecule has 0 unspecified atom stereocenters. The molecule has 0 spiro atoms. The van der Waals surface area contributed by atoms with Crippen LogP contribution in [-0.2, 0) is 11.8 Å². The summed E-state index contributed by atoms with van der Waals surface area (Å²) in [5.41, 5.74) is 2.22. The molecule has 0 saturated carbocycles. The van der Waals surface area contributed by atoms with Gasteiger partial charge in [-0.25, -0.2) is 0 Å². The molecule has 0 fully saturated rings. The molecule has 5 nitrogen and oxygen atoms in total. The average Bonchev–Trinajstić information content (AvgIpc) is 2.80. The minimum absolute atomic E-state index is 0.248. The fourth-order valence-corrected chi connectivity index (χ4v) is 3.17. The maximum Gasteiger partial charge on any atom is 0.248 e. The summed E-state index contributed by atoms with van der Waals surface area (Å²) < 4.78 is 1.57. The molecule has 0 atom stereocenters. The Kier molecular flexibility index (Phi) is 6.47. The van der Waals surface area contributed by atoms with Crippen LogP contribution in [0.25, 0.3) is 6.08 Å². The van der Waals surface area contributed by atoms with Crippen LogP contribution in [0.5, 0.6) is 0 Å². The number of hydrogen-bond donors (Lipinski definition) is 1. The lowest BCUT2D eigenvalue weighted by Gasteiger charge is -2.08. The van der Waals surface area contributed by atoms with Gasteiger partial charge in [0.1, 0.15) is 5.15 Å². The van der Waals surface area contributed by atoms with Crippen LogP contribution in [0.15, 0.2) is 35.2 Å². The normalized spacial score (nSPS) is 10.8. The van der Waals surface area contributed by atoms with Crippen LogP contribution in [-0.4, -0.2) is 21.4 Å². The second-order valence-corrected chi connectivity index (χ2v) is 6.48. The predicted octanol–water partition coefficient (Wildman–Crippen LogP) is 4.04. The van der Waals surface area contributed by atoms with E-state index < -0.39 is 0 Å². The summed E-state index contributed by atoms with van der Waals surface area (Å²) in [6.07, 6.45) is 3.56. The van der Waals surface area contributed by atoms with E-state index in [1.54, 1.807) is 29.6 Å². The van der Waals surface area contributed by atoms with Crippen molar-refractivity contribution in [3.05, 3.63) is 46.8 Å². The van der Waals surface area contributed by atoms with Crippen molar-refractivity contribution in [2.24, 2.45) is 7.05 Å². The minimum Gasteiger partial charge on any atom is -0.321 e. The van der Waals surface area contributed by atoms with Crippen molar-refractivity contribution in [1.82, 2.24) is 9.78 Å². The zero-order valence-corrected chi connectivity index (χ0v) is 15.0. The fraction of sp³-hybridized carbons (Fsp3) is 0.235. The number of carbonyl (C=O) groups excluding carboxylic acids is 1. The molecule has 2 aromatic rings. The Balaban J connectivity index is 2.07. The Bertz CT molecular complexity index is 807. The van der Waals surface area contributed by atoms with Crippen LogP contribution in [0.2, 0.25) is 5.15 Å². The van der Waals surface area contributed by atoms with Gasteiger partial charge in [-0.1, -0.05) is 23.7 Å². The Morgan fingerprint density at radius 2 is 2.25 bits per heavy atom. The molecule has 0 aliphatic heterocycles. The Morgan fingerprint density at radius 1 is 1.50 bits per heavy atom. The number of halogens is 1. The summed E-state index contributed by atoms with van der Waals surface area (Å²) in [7, 11) is 1.75. The number of thioether (sulfide) groups is 1. The monoisotopic (exact) mass is 360 g/mol. The maximum atomic E-state index is 12.2. The number of aryl methyl sites for hydroxylation is 2. The highest BCUT2D eigenvalue weighted by atomic mass is 35.5. The molecule has 0 saturated heterocycles. The van der Waals surface area contributed by atoms with Gasteiger partial charge < -0.3 is 5.32 Å². The van der Waals surface area contributed by atoms with Gasteiger partial charge in [0.05, 0.1) is 17.5 Å². The van der Waals surface area contributed by atoms with Gasteiger partial charge in [0.2, 0.25) is 5.91 Å². The van der Waals surface area contributed by atoms with E-state index in [1.165, 1.54) is 6.08 Å². The molecule has 0 aliphatic carbocycles. The van der Waals surface area contributed by atoms with Crippen LogP contribution in [0.4, 0.5) is 5.69 Å². The molecule has 24 heavy (non-hydrogen) atoms. The number of carbonyl (C=O) groups is 1. The van der Waals surface area contributed by atoms with Crippen molar-refractivity contribution in [3.63, 3.8) is 0 Å². The molecule has 7 heteroatoms. The van der Waals surface area contributed by atoms with Gasteiger partial charge in [0, 0.05) is 35.8 Å². The maximum absolute atomic E-state index is 12.2. The van der Waals surface area contributed by atoms with E-state index in [-0.39, 0.29) is 5.91 Å². The van der Waals surface area contributed by atoms with Gasteiger partial charge in [0.25, 0.3) is 0 Å². The second-order valence-electron chi connectivity index (χ2n) is 4.99. The summed E-state index contributed by atoms with van der Waals surface area (Å²) in [5.74, 6) is 0.437. The topological polar surface area (TPSA) is 70.7 Å². The lowest BCUT2D eigenvalue weighted by Crippen LogP contribution is -2.08. The molecule has 0 aliphatic rings. The Hall–Kier alpha value is -2.23. The van der Waals surface area contributed by atoms with Gasteiger partial charge in [-0.3, -0.25) is 9.48 Å². The number of amides is 1. The molecule has 1 amide bonds. The molecule has 1 aromatic heterocycles. The zero-order valence-electron chi connectivity index (χ0n) is 13.4. The van der Waals surface area contributed by atoms with Gasteiger partial charge in [-0.15, -0.1) is 11.8 Å². The first-order valence-corrected chi connectivity index (χ1v) is 8.66. The quantitative estimate of drug-likeness (QED) is 0.479. The van der Waals surface area contributed by atoms with Crippen molar-refractivity contribution in [2.45, 2.75) is 18.2 Å². The smallest absolute Gasteiger partial charge is 0.248 e. The molecule has 1 aromatic carbocycles. The number of hydrogen-bond acceptors (Lipinski definition) is 4. The first kappa shape index (κ1) is 18.1. The van der Waals surface area contributed by atoms with Crippen LogP contribution < -0.4 is 5.32 Å². The summed E-state index contributed by atoms with van der Waals surface area (Å²) in [6, 6.07) is 9.62. The number of benzene rings is 1. The largest absolute Gasteiger partial charge is 0.321 e. The third kappa shape index (κ3) is 4.63. The Morgan fingerprint density at radius 3 is 2.92 bits per heavy atom. The third-order valence-electron chi connectivity index (χ3n) is 3.21. The molecule has 1 heterocycles. The van der Waals surface area contributed by atoms with Crippen LogP contribution in [0, 0.1) is 18.3 Å². The molecule has 2 rings (SSSR count). The van der Waals surface area contributed by atoms with Gasteiger partial charge in [0.15, 0.2) is 0 Å². The summed E-state index contributed by atoms with van der Waals surface area (Å²) in [5, 5.41) is 16.2. The number of rotatable bonds is 6. The number of nitrogens with zero attached hydrogens (tertiary/aromatic N) is 3. The number of anilines is 1. The van der Waals surface area contributed by atoms with Crippen LogP contribution >= 0.6 is 23.4 Å². The molecule has 0 radical (unpaired) electrons. The van der Waals surface area contributed by atoms with Gasteiger partial charge in [-0.05, 0) is 25.1 Å². The van der Waals surface area contributed by atoms with E-state index in [9.17, 15) is 4.79 Å². The van der Waals surface area contributed by atoms with Crippen molar-refractivity contribution >= 4 is 41.0 Å². The van der Waals surface area contributed by atoms with Gasteiger partial charge >= 0.3 is 0 Å². The summed E-state index contributed by atoms with van der Waals surface area (Å²) >= 11 is 7.68.